The van der Waals surface area contributed by atoms with Crippen molar-refractivity contribution in [1.82, 2.24) is 15.3 Å². The van der Waals surface area contributed by atoms with Crippen LogP contribution in [0.4, 0.5) is 11.6 Å². The summed E-state index contributed by atoms with van der Waals surface area (Å²) in [7, 11) is 0. The SMILES string of the molecule is C[C@H](Nc1cc(-c2ccnc(N3C[C@@H]4C[C@H]3CN4)c2)ccn1)c1ccccc1. The Morgan fingerprint density at radius 2 is 1.82 bits per heavy atom. The quantitative estimate of drug-likeness (QED) is 0.713. The van der Waals surface area contributed by atoms with Gasteiger partial charge < -0.3 is 15.5 Å². The number of pyridine rings is 2. The molecule has 2 aromatic heterocycles. The van der Waals surface area contributed by atoms with Crippen molar-refractivity contribution in [2.45, 2.75) is 31.5 Å². The Labute approximate surface area is 165 Å². The molecule has 2 bridgehead atoms. The van der Waals surface area contributed by atoms with Crippen LogP contribution in [-0.2, 0) is 0 Å². The third kappa shape index (κ3) is 3.34. The number of fused-ring (bicyclic) bond motifs is 2. The third-order valence-electron chi connectivity index (χ3n) is 5.85. The van der Waals surface area contributed by atoms with E-state index in [1.807, 2.05) is 18.5 Å². The fourth-order valence-corrected chi connectivity index (χ4v) is 4.33. The number of rotatable bonds is 5. The van der Waals surface area contributed by atoms with Gasteiger partial charge >= 0.3 is 0 Å². The summed E-state index contributed by atoms with van der Waals surface area (Å²) in [6, 6.07) is 20.3. The molecule has 2 fully saturated rings. The minimum Gasteiger partial charge on any atom is -0.364 e. The summed E-state index contributed by atoms with van der Waals surface area (Å²) in [4.78, 5) is 11.6. The Kier molecular flexibility index (Phi) is 4.45. The molecule has 2 aliphatic rings. The molecular weight excluding hydrogens is 346 g/mol. The van der Waals surface area contributed by atoms with Crippen molar-refractivity contribution < 1.29 is 0 Å². The molecule has 142 valence electrons. The summed E-state index contributed by atoms with van der Waals surface area (Å²) in [5.74, 6) is 1.96. The average Bonchev–Trinajstić information content (AvgIpc) is 3.38. The van der Waals surface area contributed by atoms with Crippen molar-refractivity contribution >= 4 is 11.6 Å². The lowest BCUT2D eigenvalue weighted by molar-refractivity contribution is 0.576. The van der Waals surface area contributed by atoms with Crippen LogP contribution in [0.25, 0.3) is 11.1 Å². The fraction of sp³-hybridized carbons (Fsp3) is 0.304. The van der Waals surface area contributed by atoms with Gasteiger partial charge in [0.1, 0.15) is 11.6 Å². The highest BCUT2D eigenvalue weighted by Crippen LogP contribution is 2.31. The van der Waals surface area contributed by atoms with E-state index in [9.17, 15) is 0 Å². The van der Waals surface area contributed by atoms with Gasteiger partial charge in [0.25, 0.3) is 0 Å². The molecule has 1 aromatic carbocycles. The van der Waals surface area contributed by atoms with Gasteiger partial charge in [0, 0.05) is 43.6 Å². The van der Waals surface area contributed by atoms with Gasteiger partial charge in [0.2, 0.25) is 0 Å². The predicted molar refractivity (Wildman–Crippen MR) is 113 cm³/mol. The van der Waals surface area contributed by atoms with Crippen molar-refractivity contribution in [2.24, 2.45) is 0 Å². The Morgan fingerprint density at radius 1 is 1.04 bits per heavy atom. The number of hydrogen-bond donors (Lipinski definition) is 2. The normalized spacial score (nSPS) is 21.7. The smallest absolute Gasteiger partial charge is 0.129 e. The topological polar surface area (TPSA) is 53.1 Å². The van der Waals surface area contributed by atoms with Crippen molar-refractivity contribution in [3.63, 3.8) is 0 Å². The summed E-state index contributed by atoms with van der Waals surface area (Å²) < 4.78 is 0. The lowest BCUT2D eigenvalue weighted by atomic mass is 10.1. The second-order valence-electron chi connectivity index (χ2n) is 7.76. The van der Waals surface area contributed by atoms with Crippen LogP contribution in [0.3, 0.4) is 0 Å². The van der Waals surface area contributed by atoms with Crippen LogP contribution in [-0.4, -0.2) is 35.1 Å². The minimum atomic E-state index is 0.199. The Balaban J connectivity index is 1.37. The maximum atomic E-state index is 4.64. The maximum Gasteiger partial charge on any atom is 0.129 e. The van der Waals surface area contributed by atoms with E-state index in [1.54, 1.807) is 0 Å². The van der Waals surface area contributed by atoms with Crippen LogP contribution in [0.2, 0.25) is 0 Å². The molecule has 3 aromatic rings. The van der Waals surface area contributed by atoms with Gasteiger partial charge in [-0.05, 0) is 54.3 Å². The summed E-state index contributed by atoms with van der Waals surface area (Å²) in [5, 5.41) is 7.07. The number of aromatic nitrogens is 2. The van der Waals surface area contributed by atoms with Crippen molar-refractivity contribution in [1.29, 1.82) is 0 Å². The first-order valence-corrected chi connectivity index (χ1v) is 10.0. The summed E-state index contributed by atoms with van der Waals surface area (Å²) in [6.45, 7) is 4.28. The molecule has 4 heterocycles. The number of benzene rings is 1. The molecule has 0 radical (unpaired) electrons. The Morgan fingerprint density at radius 3 is 2.57 bits per heavy atom. The maximum absolute atomic E-state index is 4.64. The number of nitrogens with one attached hydrogen (secondary N) is 2. The van der Waals surface area contributed by atoms with Crippen LogP contribution < -0.4 is 15.5 Å². The van der Waals surface area contributed by atoms with Gasteiger partial charge in [-0.2, -0.15) is 0 Å². The summed E-state index contributed by atoms with van der Waals surface area (Å²) in [6.07, 6.45) is 5.02. The molecule has 0 unspecified atom stereocenters. The van der Waals surface area contributed by atoms with Gasteiger partial charge in [-0.25, -0.2) is 9.97 Å². The lowest BCUT2D eigenvalue weighted by Crippen LogP contribution is -2.43. The largest absolute Gasteiger partial charge is 0.364 e. The first kappa shape index (κ1) is 17.2. The zero-order chi connectivity index (χ0) is 18.9. The standard InChI is InChI=1S/C23H25N5/c1-16(17-5-3-2-4-6-17)27-22-11-18(7-9-24-22)19-8-10-25-23(12-19)28-15-20-13-21(28)14-26-20/h2-12,16,20-21,26H,13-15H2,1H3,(H,24,27)/t16-,20-,21-/m0/s1. The van der Waals surface area contributed by atoms with Crippen LogP contribution in [0.5, 0.6) is 0 Å². The second-order valence-corrected chi connectivity index (χ2v) is 7.76. The molecule has 0 amide bonds. The van der Waals surface area contributed by atoms with Gasteiger partial charge in [-0.3, -0.25) is 0 Å². The highest BCUT2D eigenvalue weighted by molar-refractivity contribution is 5.69. The molecule has 5 rings (SSSR count). The molecule has 0 saturated carbocycles. The predicted octanol–water partition coefficient (Wildman–Crippen LogP) is 3.87. The van der Waals surface area contributed by atoms with Gasteiger partial charge in [0.15, 0.2) is 0 Å². The molecular formula is C23H25N5. The second kappa shape index (κ2) is 7.24. The first-order valence-electron chi connectivity index (χ1n) is 10.0. The summed E-state index contributed by atoms with van der Waals surface area (Å²) >= 11 is 0. The molecule has 2 aliphatic heterocycles. The number of hydrogen-bond acceptors (Lipinski definition) is 5. The van der Waals surface area contributed by atoms with Crippen LogP contribution in [0, 0.1) is 0 Å². The van der Waals surface area contributed by atoms with Crippen LogP contribution >= 0.6 is 0 Å². The summed E-state index contributed by atoms with van der Waals surface area (Å²) in [5.41, 5.74) is 3.58. The number of nitrogens with zero attached hydrogens (tertiary/aromatic N) is 3. The van der Waals surface area contributed by atoms with E-state index in [1.165, 1.54) is 17.5 Å². The van der Waals surface area contributed by atoms with Gasteiger partial charge in [-0.1, -0.05) is 30.3 Å². The van der Waals surface area contributed by atoms with E-state index in [2.05, 4.69) is 81.0 Å². The van der Waals surface area contributed by atoms with Crippen LogP contribution in [0.1, 0.15) is 24.9 Å². The van der Waals surface area contributed by atoms with E-state index in [4.69, 9.17) is 0 Å². The number of piperazine rings is 1. The van der Waals surface area contributed by atoms with Crippen molar-refractivity contribution in [2.75, 3.05) is 23.3 Å². The molecule has 0 spiro atoms. The molecule has 5 nitrogen and oxygen atoms in total. The number of anilines is 2. The van der Waals surface area contributed by atoms with E-state index >= 15 is 0 Å². The fourth-order valence-electron chi connectivity index (χ4n) is 4.33. The highest BCUT2D eigenvalue weighted by atomic mass is 15.3. The molecule has 3 atom stereocenters. The molecule has 2 N–H and O–H groups in total. The molecule has 0 aliphatic carbocycles. The molecule has 5 heteroatoms. The van der Waals surface area contributed by atoms with Gasteiger partial charge in [-0.15, -0.1) is 0 Å². The van der Waals surface area contributed by atoms with E-state index < -0.39 is 0 Å². The zero-order valence-corrected chi connectivity index (χ0v) is 16.0. The van der Waals surface area contributed by atoms with Gasteiger partial charge in [0.05, 0.1) is 0 Å². The molecule has 2 saturated heterocycles. The van der Waals surface area contributed by atoms with Crippen molar-refractivity contribution in [3.05, 3.63) is 72.6 Å². The van der Waals surface area contributed by atoms with Crippen molar-refractivity contribution in [3.8, 4) is 11.1 Å². The monoisotopic (exact) mass is 371 g/mol. The highest BCUT2D eigenvalue weighted by Gasteiger charge is 2.38. The van der Waals surface area contributed by atoms with E-state index in [0.717, 1.165) is 30.3 Å². The third-order valence-corrected chi connectivity index (χ3v) is 5.85. The Hall–Kier alpha value is -2.92. The average molecular weight is 371 g/mol. The zero-order valence-electron chi connectivity index (χ0n) is 16.0. The van der Waals surface area contributed by atoms with Crippen LogP contribution in [0.15, 0.2) is 67.0 Å². The molecule has 28 heavy (non-hydrogen) atoms. The minimum absolute atomic E-state index is 0.199. The van der Waals surface area contributed by atoms with E-state index in [0.29, 0.717) is 12.1 Å². The van der Waals surface area contributed by atoms with E-state index in [-0.39, 0.29) is 6.04 Å². The Bertz CT molecular complexity index is 958. The first-order chi connectivity index (χ1) is 13.8. The lowest BCUT2D eigenvalue weighted by Gasteiger charge is -2.28.